The van der Waals surface area contributed by atoms with Crippen molar-refractivity contribution in [1.82, 2.24) is 4.90 Å². The first kappa shape index (κ1) is 9.23. The number of Topliss-reactive ketones (excluding diaryl/α,β-unsaturated/α-hetero) is 1. The molecule has 0 saturated carbocycles. The summed E-state index contributed by atoms with van der Waals surface area (Å²) in [6.45, 7) is 4.81. The van der Waals surface area contributed by atoms with Crippen molar-refractivity contribution in [3.8, 4) is 0 Å². The van der Waals surface area contributed by atoms with E-state index >= 15 is 0 Å². The summed E-state index contributed by atoms with van der Waals surface area (Å²) in [5.74, 6) is 0.300. The minimum absolute atomic E-state index is 0.0101. The third-order valence-electron chi connectivity index (χ3n) is 2.06. The lowest BCUT2D eigenvalue weighted by Crippen LogP contribution is -2.42. The number of likely N-dealkylation sites (tertiary alicyclic amines) is 1. The zero-order valence-corrected chi connectivity index (χ0v) is 7.67. The van der Waals surface area contributed by atoms with Crippen molar-refractivity contribution in [2.75, 3.05) is 13.1 Å². The van der Waals surface area contributed by atoms with Crippen LogP contribution >= 0.6 is 0 Å². The van der Waals surface area contributed by atoms with Gasteiger partial charge < -0.3 is 4.90 Å². The molecule has 68 valence electrons. The fourth-order valence-corrected chi connectivity index (χ4v) is 1.39. The lowest BCUT2D eigenvalue weighted by Gasteiger charge is -2.27. The highest BCUT2D eigenvalue weighted by molar-refractivity contribution is 5.87. The van der Waals surface area contributed by atoms with Crippen LogP contribution in [0.3, 0.4) is 0 Å². The minimum Gasteiger partial charge on any atom is -0.335 e. The van der Waals surface area contributed by atoms with Gasteiger partial charge in [-0.1, -0.05) is 13.8 Å². The Morgan fingerprint density at radius 1 is 1.50 bits per heavy atom. The highest BCUT2D eigenvalue weighted by Gasteiger charge is 2.22. The predicted molar refractivity (Wildman–Crippen MR) is 45.7 cm³/mol. The standard InChI is InChI=1S/C9H15NO2/c1-7(2)9(12)10-5-3-4-8(11)6-10/h7H,3-6H2,1-2H3. The molecule has 0 aromatic carbocycles. The van der Waals surface area contributed by atoms with E-state index in [-0.39, 0.29) is 17.6 Å². The molecular formula is C9H15NO2. The molecule has 0 atom stereocenters. The molecule has 0 aliphatic carbocycles. The third-order valence-corrected chi connectivity index (χ3v) is 2.06. The summed E-state index contributed by atoms with van der Waals surface area (Å²) in [6, 6.07) is 0. The molecular weight excluding hydrogens is 154 g/mol. The van der Waals surface area contributed by atoms with Gasteiger partial charge in [0.25, 0.3) is 0 Å². The van der Waals surface area contributed by atoms with Crippen LogP contribution in [0.25, 0.3) is 0 Å². The largest absolute Gasteiger partial charge is 0.335 e. The van der Waals surface area contributed by atoms with Gasteiger partial charge in [0.1, 0.15) is 0 Å². The molecule has 0 unspecified atom stereocenters. The van der Waals surface area contributed by atoms with Crippen LogP contribution in [0.4, 0.5) is 0 Å². The number of ketones is 1. The normalized spacial score (nSPS) is 18.6. The molecule has 0 bridgehead atoms. The van der Waals surface area contributed by atoms with Gasteiger partial charge >= 0.3 is 0 Å². The van der Waals surface area contributed by atoms with Crippen LogP contribution in [-0.2, 0) is 9.59 Å². The van der Waals surface area contributed by atoms with Gasteiger partial charge in [-0.3, -0.25) is 9.59 Å². The second-order valence-corrected chi connectivity index (χ2v) is 3.56. The van der Waals surface area contributed by atoms with Gasteiger partial charge in [-0.05, 0) is 6.42 Å². The molecule has 1 rings (SSSR count). The Hall–Kier alpha value is -0.860. The minimum atomic E-state index is 0.0101. The van der Waals surface area contributed by atoms with Gasteiger partial charge in [-0.15, -0.1) is 0 Å². The van der Waals surface area contributed by atoms with E-state index in [1.165, 1.54) is 0 Å². The number of piperidine rings is 1. The summed E-state index contributed by atoms with van der Waals surface area (Å²) in [5, 5.41) is 0. The van der Waals surface area contributed by atoms with E-state index in [2.05, 4.69) is 0 Å². The number of carbonyl (C=O) groups is 2. The molecule has 0 spiro atoms. The summed E-state index contributed by atoms with van der Waals surface area (Å²) in [6.07, 6.45) is 1.47. The fourth-order valence-electron chi connectivity index (χ4n) is 1.39. The summed E-state index contributed by atoms with van der Waals surface area (Å²) in [7, 11) is 0. The highest BCUT2D eigenvalue weighted by Crippen LogP contribution is 2.09. The Bertz CT molecular complexity index is 199. The van der Waals surface area contributed by atoms with Gasteiger partial charge in [-0.2, -0.15) is 0 Å². The van der Waals surface area contributed by atoms with Crippen molar-refractivity contribution >= 4 is 11.7 Å². The molecule has 1 aliphatic heterocycles. The average molecular weight is 169 g/mol. The molecule has 0 N–H and O–H groups in total. The van der Waals surface area contributed by atoms with Crippen LogP contribution in [-0.4, -0.2) is 29.7 Å². The second-order valence-electron chi connectivity index (χ2n) is 3.56. The number of nitrogens with zero attached hydrogens (tertiary/aromatic N) is 1. The average Bonchev–Trinajstić information content (AvgIpc) is 2.03. The fraction of sp³-hybridized carbons (Fsp3) is 0.778. The topological polar surface area (TPSA) is 37.4 Å². The molecule has 0 aromatic rings. The predicted octanol–water partition coefficient (Wildman–Crippen LogP) is 0.834. The first-order chi connectivity index (χ1) is 5.61. The maximum Gasteiger partial charge on any atom is 0.225 e. The van der Waals surface area contributed by atoms with Crippen LogP contribution in [0.1, 0.15) is 26.7 Å². The molecule has 1 aliphatic rings. The Labute approximate surface area is 72.7 Å². The molecule has 1 amide bonds. The molecule has 0 radical (unpaired) electrons. The Kier molecular flexibility index (Phi) is 2.84. The Balaban J connectivity index is 2.51. The highest BCUT2D eigenvalue weighted by atomic mass is 16.2. The van der Waals surface area contributed by atoms with E-state index in [1.807, 2.05) is 13.8 Å². The van der Waals surface area contributed by atoms with E-state index in [9.17, 15) is 9.59 Å². The van der Waals surface area contributed by atoms with Crippen LogP contribution in [0.2, 0.25) is 0 Å². The zero-order chi connectivity index (χ0) is 9.14. The zero-order valence-electron chi connectivity index (χ0n) is 7.67. The molecule has 3 heteroatoms. The molecule has 1 saturated heterocycles. The van der Waals surface area contributed by atoms with E-state index < -0.39 is 0 Å². The molecule has 1 fully saturated rings. The summed E-state index contributed by atoms with van der Waals surface area (Å²) >= 11 is 0. The van der Waals surface area contributed by atoms with Gasteiger partial charge in [-0.25, -0.2) is 0 Å². The van der Waals surface area contributed by atoms with Crippen LogP contribution in [0, 0.1) is 5.92 Å². The first-order valence-electron chi connectivity index (χ1n) is 4.41. The van der Waals surface area contributed by atoms with Crippen molar-refractivity contribution < 1.29 is 9.59 Å². The Morgan fingerprint density at radius 3 is 2.67 bits per heavy atom. The van der Waals surface area contributed by atoms with Gasteiger partial charge in [0, 0.05) is 18.9 Å². The van der Waals surface area contributed by atoms with Crippen molar-refractivity contribution in [2.45, 2.75) is 26.7 Å². The smallest absolute Gasteiger partial charge is 0.225 e. The van der Waals surface area contributed by atoms with Crippen LogP contribution in [0.15, 0.2) is 0 Å². The van der Waals surface area contributed by atoms with Crippen LogP contribution < -0.4 is 0 Å². The summed E-state index contributed by atoms with van der Waals surface area (Å²) in [4.78, 5) is 24.1. The van der Waals surface area contributed by atoms with E-state index in [0.717, 1.165) is 13.0 Å². The molecule has 3 nitrogen and oxygen atoms in total. The molecule has 12 heavy (non-hydrogen) atoms. The number of hydrogen-bond acceptors (Lipinski definition) is 2. The van der Waals surface area contributed by atoms with Crippen LogP contribution in [0.5, 0.6) is 0 Å². The van der Waals surface area contributed by atoms with Crippen molar-refractivity contribution in [3.05, 3.63) is 0 Å². The molecule has 1 heterocycles. The number of carbonyl (C=O) groups excluding carboxylic acids is 2. The van der Waals surface area contributed by atoms with Gasteiger partial charge in [0.15, 0.2) is 5.78 Å². The number of amides is 1. The lowest BCUT2D eigenvalue weighted by molar-refractivity contribution is -0.140. The van der Waals surface area contributed by atoms with Crippen molar-refractivity contribution in [1.29, 1.82) is 0 Å². The maximum absolute atomic E-state index is 11.4. The van der Waals surface area contributed by atoms with Gasteiger partial charge in [0.2, 0.25) is 5.91 Å². The third kappa shape index (κ3) is 2.06. The monoisotopic (exact) mass is 169 g/mol. The van der Waals surface area contributed by atoms with E-state index in [1.54, 1.807) is 4.90 Å². The van der Waals surface area contributed by atoms with Crippen molar-refractivity contribution in [3.63, 3.8) is 0 Å². The SMILES string of the molecule is CC(C)C(=O)N1CCCC(=O)C1. The van der Waals surface area contributed by atoms with E-state index in [0.29, 0.717) is 13.0 Å². The lowest BCUT2D eigenvalue weighted by atomic mass is 10.1. The summed E-state index contributed by atoms with van der Waals surface area (Å²) in [5.41, 5.74) is 0. The van der Waals surface area contributed by atoms with Crippen molar-refractivity contribution in [2.24, 2.45) is 5.92 Å². The first-order valence-corrected chi connectivity index (χ1v) is 4.41. The van der Waals surface area contributed by atoms with Gasteiger partial charge in [0.05, 0.1) is 6.54 Å². The maximum atomic E-state index is 11.4. The number of hydrogen-bond donors (Lipinski definition) is 0. The quantitative estimate of drug-likeness (QED) is 0.583. The molecule has 0 aromatic heterocycles. The second kappa shape index (κ2) is 3.70. The summed E-state index contributed by atoms with van der Waals surface area (Å²) < 4.78 is 0. The Morgan fingerprint density at radius 2 is 2.17 bits per heavy atom. The van der Waals surface area contributed by atoms with E-state index in [4.69, 9.17) is 0 Å². The number of rotatable bonds is 1.